The van der Waals surface area contributed by atoms with Crippen LogP contribution in [0.3, 0.4) is 0 Å². The van der Waals surface area contributed by atoms with E-state index in [0.29, 0.717) is 11.8 Å². The topological polar surface area (TPSA) is 61.4 Å². The summed E-state index contributed by atoms with van der Waals surface area (Å²) in [5.74, 6) is 0. The molecule has 20 heavy (non-hydrogen) atoms. The van der Waals surface area contributed by atoms with Crippen molar-refractivity contribution in [3.63, 3.8) is 0 Å². The third-order valence-electron chi connectivity index (χ3n) is 4.06. The number of urea groups is 1. The van der Waals surface area contributed by atoms with E-state index in [1.165, 1.54) is 6.42 Å². The van der Waals surface area contributed by atoms with Crippen LogP contribution in [0.5, 0.6) is 0 Å². The number of hydrogen-bond donors (Lipinski definition) is 3. The van der Waals surface area contributed by atoms with Gasteiger partial charge in [0.25, 0.3) is 0 Å². The summed E-state index contributed by atoms with van der Waals surface area (Å²) < 4.78 is 0. The lowest BCUT2D eigenvalue weighted by Crippen LogP contribution is -2.48. The minimum atomic E-state index is -0.752. The van der Waals surface area contributed by atoms with E-state index in [-0.39, 0.29) is 12.1 Å². The van der Waals surface area contributed by atoms with Gasteiger partial charge in [0.1, 0.15) is 0 Å². The maximum absolute atomic E-state index is 11.9. The fraction of sp³-hybridized carbons (Fsp3) is 0.933. The van der Waals surface area contributed by atoms with E-state index in [0.717, 1.165) is 38.5 Å². The van der Waals surface area contributed by atoms with Crippen LogP contribution in [-0.2, 0) is 0 Å². The Morgan fingerprint density at radius 2 is 1.95 bits per heavy atom. The van der Waals surface area contributed by atoms with Gasteiger partial charge in [-0.15, -0.1) is 0 Å². The van der Waals surface area contributed by atoms with Crippen molar-refractivity contribution in [2.75, 3.05) is 12.8 Å². The Bertz CT molecular complexity index is 294. The summed E-state index contributed by atoms with van der Waals surface area (Å²) in [4.78, 5) is 11.9. The molecule has 0 heterocycles. The molecular formula is C15H30N2O2S. The molecule has 0 aromatic rings. The maximum Gasteiger partial charge on any atom is 0.315 e. The molecule has 0 aromatic carbocycles. The highest BCUT2D eigenvalue weighted by Gasteiger charge is 2.27. The number of rotatable bonds is 8. The first-order valence-corrected chi connectivity index (χ1v) is 9.11. The van der Waals surface area contributed by atoms with Gasteiger partial charge in [0, 0.05) is 17.8 Å². The highest BCUT2D eigenvalue weighted by atomic mass is 32.2. The van der Waals surface area contributed by atoms with Gasteiger partial charge >= 0.3 is 6.03 Å². The summed E-state index contributed by atoms with van der Waals surface area (Å²) in [6, 6.07) is 0.153. The van der Waals surface area contributed by atoms with Crippen molar-refractivity contribution in [2.24, 2.45) is 0 Å². The average molecular weight is 302 g/mol. The zero-order valence-electron chi connectivity index (χ0n) is 13.1. The average Bonchev–Trinajstić information content (AvgIpc) is 2.85. The van der Waals surface area contributed by atoms with Crippen molar-refractivity contribution < 1.29 is 9.90 Å². The van der Waals surface area contributed by atoms with Gasteiger partial charge in [-0.25, -0.2) is 4.79 Å². The third kappa shape index (κ3) is 5.92. The zero-order chi connectivity index (χ0) is 15.0. The lowest BCUT2D eigenvalue weighted by Gasteiger charge is -2.28. The molecule has 1 aliphatic rings. The largest absolute Gasteiger partial charge is 0.388 e. The van der Waals surface area contributed by atoms with Crippen LogP contribution in [0, 0.1) is 0 Å². The Balaban J connectivity index is 2.31. The molecule has 0 aromatic heterocycles. The Hall–Kier alpha value is -0.420. The molecule has 1 rings (SSSR count). The van der Waals surface area contributed by atoms with Crippen molar-refractivity contribution in [1.29, 1.82) is 0 Å². The Labute approximate surface area is 127 Å². The summed E-state index contributed by atoms with van der Waals surface area (Å²) in [5.41, 5.74) is -0.752. The van der Waals surface area contributed by atoms with E-state index >= 15 is 0 Å². The second-order valence-corrected chi connectivity index (χ2v) is 7.06. The molecule has 2 unspecified atom stereocenters. The number of amides is 2. The molecule has 0 radical (unpaired) electrons. The molecular weight excluding hydrogens is 272 g/mol. The molecule has 1 saturated carbocycles. The lowest BCUT2D eigenvalue weighted by molar-refractivity contribution is 0.0240. The van der Waals surface area contributed by atoms with Gasteiger partial charge in [0.2, 0.25) is 0 Å². The van der Waals surface area contributed by atoms with E-state index in [4.69, 9.17) is 0 Å². The van der Waals surface area contributed by atoms with Crippen LogP contribution < -0.4 is 10.6 Å². The smallest absolute Gasteiger partial charge is 0.315 e. The first-order chi connectivity index (χ1) is 9.53. The number of carbonyl (C=O) groups is 1. The fourth-order valence-electron chi connectivity index (χ4n) is 3.00. The van der Waals surface area contributed by atoms with E-state index in [1.54, 1.807) is 0 Å². The SMILES string of the molecule is CCCC(O)(CCC)CNC(=O)NC1CCC(SC)C1. The van der Waals surface area contributed by atoms with Crippen molar-refractivity contribution in [3.8, 4) is 0 Å². The van der Waals surface area contributed by atoms with Crippen molar-refractivity contribution >= 4 is 17.8 Å². The Morgan fingerprint density at radius 1 is 1.30 bits per heavy atom. The summed E-state index contributed by atoms with van der Waals surface area (Å²) in [6.07, 6.45) is 8.76. The van der Waals surface area contributed by atoms with Crippen molar-refractivity contribution in [2.45, 2.75) is 75.7 Å². The molecule has 0 saturated heterocycles. The zero-order valence-corrected chi connectivity index (χ0v) is 13.9. The van der Waals surface area contributed by atoms with Crippen molar-refractivity contribution in [3.05, 3.63) is 0 Å². The van der Waals surface area contributed by atoms with E-state index in [1.807, 2.05) is 11.8 Å². The second-order valence-electron chi connectivity index (χ2n) is 5.92. The normalized spacial score (nSPS) is 22.8. The van der Waals surface area contributed by atoms with Gasteiger partial charge in [-0.1, -0.05) is 26.7 Å². The van der Waals surface area contributed by atoms with Crippen LogP contribution >= 0.6 is 11.8 Å². The summed E-state index contributed by atoms with van der Waals surface area (Å²) in [7, 11) is 0. The van der Waals surface area contributed by atoms with Crippen molar-refractivity contribution in [1.82, 2.24) is 10.6 Å². The van der Waals surface area contributed by atoms with Gasteiger partial charge in [0.05, 0.1) is 5.60 Å². The van der Waals surface area contributed by atoms with Gasteiger partial charge in [-0.3, -0.25) is 0 Å². The van der Waals surface area contributed by atoms with E-state index in [2.05, 4.69) is 30.7 Å². The van der Waals surface area contributed by atoms with Crippen LogP contribution in [0.4, 0.5) is 4.79 Å². The molecule has 3 N–H and O–H groups in total. The first kappa shape index (κ1) is 17.6. The van der Waals surface area contributed by atoms with Crippen LogP contribution in [0.15, 0.2) is 0 Å². The summed E-state index contributed by atoms with van der Waals surface area (Å²) >= 11 is 1.88. The van der Waals surface area contributed by atoms with Crippen LogP contribution in [-0.4, -0.2) is 40.8 Å². The molecule has 4 nitrogen and oxygen atoms in total. The summed E-state index contributed by atoms with van der Waals surface area (Å²) in [6.45, 7) is 4.46. The predicted octanol–water partition coefficient (Wildman–Crippen LogP) is 2.90. The number of carbonyl (C=O) groups excluding carboxylic acids is 1. The van der Waals surface area contributed by atoms with Crippen LogP contribution in [0.1, 0.15) is 58.8 Å². The highest BCUT2D eigenvalue weighted by molar-refractivity contribution is 7.99. The molecule has 1 fully saturated rings. The Morgan fingerprint density at radius 3 is 2.45 bits per heavy atom. The summed E-state index contributed by atoms with van der Waals surface area (Å²) in [5, 5.41) is 17.0. The number of thioether (sulfide) groups is 1. The monoisotopic (exact) mass is 302 g/mol. The standard InChI is InChI=1S/C15H30N2O2S/c1-4-8-15(19,9-5-2)11-16-14(18)17-12-6-7-13(10-12)20-3/h12-13,19H,4-11H2,1-3H3,(H2,16,17,18). The lowest BCUT2D eigenvalue weighted by atomic mass is 9.93. The molecule has 0 spiro atoms. The highest BCUT2D eigenvalue weighted by Crippen LogP contribution is 2.28. The molecule has 2 amide bonds. The number of aliphatic hydroxyl groups is 1. The van der Waals surface area contributed by atoms with E-state index in [9.17, 15) is 9.90 Å². The first-order valence-electron chi connectivity index (χ1n) is 7.82. The fourth-order valence-corrected chi connectivity index (χ4v) is 3.80. The molecule has 118 valence electrons. The quantitative estimate of drug-likeness (QED) is 0.646. The van der Waals surface area contributed by atoms with E-state index < -0.39 is 5.60 Å². The predicted molar refractivity (Wildman–Crippen MR) is 86.2 cm³/mol. The molecule has 5 heteroatoms. The maximum atomic E-state index is 11.9. The molecule has 0 aliphatic heterocycles. The Kier molecular flexibility index (Phi) is 7.74. The molecule has 0 bridgehead atoms. The molecule has 2 atom stereocenters. The number of nitrogens with one attached hydrogen (secondary N) is 2. The van der Waals surface area contributed by atoms with Gasteiger partial charge < -0.3 is 15.7 Å². The molecule has 1 aliphatic carbocycles. The second kappa shape index (κ2) is 8.78. The van der Waals surface area contributed by atoms with Crippen LogP contribution in [0.25, 0.3) is 0 Å². The minimum Gasteiger partial charge on any atom is -0.388 e. The van der Waals surface area contributed by atoms with Gasteiger partial charge in [0.15, 0.2) is 0 Å². The van der Waals surface area contributed by atoms with Crippen LogP contribution in [0.2, 0.25) is 0 Å². The minimum absolute atomic E-state index is 0.137. The van der Waals surface area contributed by atoms with Gasteiger partial charge in [-0.2, -0.15) is 11.8 Å². The number of hydrogen-bond acceptors (Lipinski definition) is 3. The third-order valence-corrected chi connectivity index (χ3v) is 5.16. The van der Waals surface area contributed by atoms with Gasteiger partial charge in [-0.05, 0) is 38.4 Å².